The first-order chi connectivity index (χ1) is 19.1. The minimum Gasteiger partial charge on any atom is -0.465 e. The summed E-state index contributed by atoms with van der Waals surface area (Å²) in [5.41, 5.74) is 5.91. The lowest BCUT2D eigenvalue weighted by molar-refractivity contribution is 0.0147. The van der Waals surface area contributed by atoms with Crippen molar-refractivity contribution in [1.82, 2.24) is 10.1 Å². The van der Waals surface area contributed by atoms with E-state index in [0.717, 1.165) is 51.1 Å². The molecule has 7 rings (SSSR count). The molecule has 7 nitrogen and oxygen atoms in total. The minimum atomic E-state index is -0.311. The van der Waals surface area contributed by atoms with Crippen molar-refractivity contribution in [2.45, 2.75) is 76.2 Å². The number of hydrogen-bond acceptors (Lipinski definition) is 9. The van der Waals surface area contributed by atoms with Crippen LogP contribution in [0.25, 0.3) is 21.8 Å². The van der Waals surface area contributed by atoms with E-state index >= 15 is 0 Å². The molecule has 9 heteroatoms. The summed E-state index contributed by atoms with van der Waals surface area (Å²) in [5.74, 6) is 1.19. The van der Waals surface area contributed by atoms with Crippen LogP contribution in [-0.2, 0) is 16.1 Å². The summed E-state index contributed by atoms with van der Waals surface area (Å²) in [6, 6.07) is 11.1. The molecule has 1 aliphatic carbocycles. The lowest BCUT2D eigenvalue weighted by Crippen LogP contribution is -2.45. The third-order valence-corrected chi connectivity index (χ3v) is 10.1. The molecule has 0 radical (unpaired) electrons. The highest BCUT2D eigenvalue weighted by atomic mass is 32.1. The van der Waals surface area contributed by atoms with Gasteiger partial charge in [0.2, 0.25) is 0 Å². The predicted molar refractivity (Wildman–Crippen MR) is 153 cm³/mol. The van der Waals surface area contributed by atoms with Crippen molar-refractivity contribution in [3.8, 4) is 21.8 Å². The lowest BCUT2D eigenvalue weighted by atomic mass is 9.99. The average Bonchev–Trinajstić information content (AvgIpc) is 3.28. The molecule has 202 valence electrons. The molecule has 0 spiro atoms. The molecule has 5 heterocycles. The fourth-order valence-corrected chi connectivity index (χ4v) is 8.03. The number of aryl methyl sites for hydroxylation is 1. The number of piperidine rings is 1. The second-order valence-corrected chi connectivity index (χ2v) is 12.6. The van der Waals surface area contributed by atoms with Gasteiger partial charge in [0.15, 0.2) is 5.13 Å². The zero-order valence-corrected chi connectivity index (χ0v) is 23.7. The second kappa shape index (κ2) is 10.2. The van der Waals surface area contributed by atoms with Gasteiger partial charge in [-0.05, 0) is 57.1 Å². The number of nitrogens with zero attached hydrogens (tertiary/aromatic N) is 3. The van der Waals surface area contributed by atoms with Crippen molar-refractivity contribution in [3.63, 3.8) is 0 Å². The maximum Gasteiger partial charge on any atom is 0.338 e. The van der Waals surface area contributed by atoms with Crippen LogP contribution in [0.2, 0.25) is 0 Å². The van der Waals surface area contributed by atoms with Crippen LogP contribution in [0.3, 0.4) is 0 Å². The number of rotatable bonds is 8. The fraction of sp³-hybridized carbons (Fsp3) is 0.433. The van der Waals surface area contributed by atoms with Gasteiger partial charge in [-0.3, -0.25) is 0 Å². The average molecular weight is 562 g/mol. The smallest absolute Gasteiger partial charge is 0.338 e. The molecule has 3 aliphatic rings. The van der Waals surface area contributed by atoms with E-state index in [-0.39, 0.29) is 12.1 Å². The third kappa shape index (κ3) is 4.70. The monoisotopic (exact) mass is 561 g/mol. The van der Waals surface area contributed by atoms with Crippen molar-refractivity contribution in [1.29, 1.82) is 0 Å². The van der Waals surface area contributed by atoms with Crippen LogP contribution in [0, 0.1) is 6.92 Å². The maximum atomic E-state index is 11.9. The number of anilines is 1. The summed E-state index contributed by atoms with van der Waals surface area (Å²) in [6.45, 7) is 2.67. The van der Waals surface area contributed by atoms with Gasteiger partial charge in [-0.2, -0.15) is 0 Å². The molecule has 2 saturated heterocycles. The van der Waals surface area contributed by atoms with Crippen molar-refractivity contribution in [3.05, 3.63) is 63.5 Å². The Hall–Kier alpha value is -3.01. The Bertz CT molecular complexity index is 1490. The Kier molecular flexibility index (Phi) is 6.53. The molecule has 3 fully saturated rings. The van der Waals surface area contributed by atoms with Crippen LogP contribution >= 0.6 is 22.7 Å². The van der Waals surface area contributed by atoms with Crippen molar-refractivity contribution >= 4 is 33.8 Å². The molecule has 1 saturated carbocycles. The molecule has 2 bridgehead atoms. The second-order valence-electron chi connectivity index (χ2n) is 10.9. The number of fused-ring (bicyclic) bond motifs is 2. The first kappa shape index (κ1) is 25.0. The number of hydrogen-bond donors (Lipinski definition) is 0. The van der Waals surface area contributed by atoms with Gasteiger partial charge in [-0.1, -0.05) is 29.4 Å². The quantitative estimate of drug-likeness (QED) is 0.210. The predicted octanol–water partition coefficient (Wildman–Crippen LogP) is 7.22. The van der Waals surface area contributed by atoms with E-state index in [1.165, 1.54) is 49.7 Å². The Morgan fingerprint density at radius 2 is 1.90 bits per heavy atom. The highest BCUT2D eigenvalue weighted by Gasteiger charge is 2.43. The van der Waals surface area contributed by atoms with Gasteiger partial charge in [-0.25, -0.2) is 9.78 Å². The number of aromatic nitrogens is 2. The summed E-state index contributed by atoms with van der Waals surface area (Å²) >= 11 is 3.22. The SMILES string of the molecule is COC(=O)c1csc(-c2csc(N3[C@@H]4CC[C@H]3CC(OCc3c(-c5ccccc5C)noc3C3CC3)C4)n2)c1. The van der Waals surface area contributed by atoms with Crippen molar-refractivity contribution in [2.24, 2.45) is 0 Å². The Morgan fingerprint density at radius 1 is 1.10 bits per heavy atom. The maximum absolute atomic E-state index is 11.9. The topological polar surface area (TPSA) is 77.7 Å². The van der Waals surface area contributed by atoms with E-state index < -0.39 is 0 Å². The summed E-state index contributed by atoms with van der Waals surface area (Å²) in [7, 11) is 1.41. The molecule has 1 unspecified atom stereocenters. The third-order valence-electron chi connectivity index (χ3n) is 8.31. The van der Waals surface area contributed by atoms with Gasteiger partial charge in [0.1, 0.15) is 11.5 Å². The number of esters is 1. The van der Waals surface area contributed by atoms with Crippen LogP contribution in [0.5, 0.6) is 0 Å². The summed E-state index contributed by atoms with van der Waals surface area (Å²) < 4.78 is 17.4. The Balaban J connectivity index is 1.05. The van der Waals surface area contributed by atoms with Crippen LogP contribution in [0.15, 0.2) is 45.6 Å². The standard InChI is InChI=1S/C30H31N3O4S2/c1-17-5-3-4-6-23(17)27-24(28(37-32-27)18-7-8-18)14-36-22-12-20-9-10-21(13-22)33(20)30-31-25(16-39-30)26-11-19(15-38-26)29(34)35-2/h3-6,11,15-16,18,20-22H,7-10,12-14H2,1-2H3/t20-,21+,22?. The normalized spacial score (nSPS) is 22.4. The molecule has 4 aromatic rings. The van der Waals surface area contributed by atoms with Gasteiger partial charge in [-0.15, -0.1) is 22.7 Å². The van der Waals surface area contributed by atoms with E-state index in [4.69, 9.17) is 19.0 Å². The largest absolute Gasteiger partial charge is 0.465 e. The van der Waals surface area contributed by atoms with Gasteiger partial charge < -0.3 is 18.9 Å². The molecule has 1 aromatic carbocycles. The number of ether oxygens (including phenoxy) is 2. The van der Waals surface area contributed by atoms with Gasteiger partial charge in [0.25, 0.3) is 0 Å². The van der Waals surface area contributed by atoms with Gasteiger partial charge >= 0.3 is 5.97 Å². The van der Waals surface area contributed by atoms with Crippen LogP contribution in [0.1, 0.15) is 71.7 Å². The summed E-state index contributed by atoms with van der Waals surface area (Å²) in [5, 5.41) is 9.52. The number of methoxy groups -OCH3 is 1. The summed E-state index contributed by atoms with van der Waals surface area (Å²) in [6.07, 6.45) is 6.89. The molecule has 2 aliphatic heterocycles. The first-order valence-corrected chi connectivity index (χ1v) is 15.4. The molecular formula is C30H31N3O4S2. The lowest BCUT2D eigenvalue weighted by Gasteiger charge is -2.38. The van der Waals surface area contributed by atoms with E-state index in [9.17, 15) is 4.79 Å². The van der Waals surface area contributed by atoms with Crippen LogP contribution in [0.4, 0.5) is 5.13 Å². The van der Waals surface area contributed by atoms with Crippen LogP contribution in [-0.4, -0.2) is 41.4 Å². The molecule has 0 amide bonds. The van der Waals surface area contributed by atoms with Crippen molar-refractivity contribution < 1.29 is 18.8 Å². The molecular weight excluding hydrogens is 530 g/mol. The fourth-order valence-electron chi connectivity index (χ4n) is 6.15. The van der Waals surface area contributed by atoms with E-state index in [1.807, 2.05) is 11.4 Å². The molecule has 0 N–H and O–H groups in total. The number of thiophene rings is 1. The van der Waals surface area contributed by atoms with Crippen molar-refractivity contribution in [2.75, 3.05) is 12.0 Å². The number of carbonyl (C=O) groups is 1. The minimum absolute atomic E-state index is 0.213. The van der Waals surface area contributed by atoms with Gasteiger partial charge in [0.05, 0.1) is 36.0 Å². The highest BCUT2D eigenvalue weighted by Crippen LogP contribution is 2.46. The van der Waals surface area contributed by atoms with Gasteiger partial charge in [0, 0.05) is 39.9 Å². The van der Waals surface area contributed by atoms with E-state index in [1.54, 1.807) is 11.3 Å². The highest BCUT2D eigenvalue weighted by molar-refractivity contribution is 7.16. The van der Waals surface area contributed by atoms with E-state index in [0.29, 0.717) is 30.2 Å². The summed E-state index contributed by atoms with van der Waals surface area (Å²) in [4.78, 5) is 20.4. The molecule has 3 atom stereocenters. The number of carbonyl (C=O) groups excluding carboxylic acids is 1. The molecule has 39 heavy (non-hydrogen) atoms. The first-order valence-electron chi connectivity index (χ1n) is 13.7. The Morgan fingerprint density at radius 3 is 2.64 bits per heavy atom. The number of benzene rings is 1. The van der Waals surface area contributed by atoms with E-state index in [2.05, 4.69) is 46.6 Å². The number of thiazole rings is 1. The zero-order chi connectivity index (χ0) is 26.5. The zero-order valence-electron chi connectivity index (χ0n) is 22.1. The molecule has 3 aromatic heterocycles. The van der Waals surface area contributed by atoms with Crippen LogP contribution < -0.4 is 4.90 Å². The Labute approximate surface area is 235 Å².